The molecule has 5 rings (SSSR count). The average molecular weight is 626 g/mol. The van der Waals surface area contributed by atoms with Crippen molar-refractivity contribution >= 4 is 12.0 Å². The molecule has 46 heavy (non-hydrogen) atoms. The number of aromatic amines is 2. The number of hydrogen-bond donors (Lipinski definition) is 2. The molecule has 2 heterocycles. The zero-order chi connectivity index (χ0) is 32.1. The van der Waals surface area contributed by atoms with E-state index in [4.69, 9.17) is 4.74 Å². The molecule has 0 bridgehead atoms. The summed E-state index contributed by atoms with van der Waals surface area (Å²) in [6.45, 7) is 8.04. The summed E-state index contributed by atoms with van der Waals surface area (Å²) < 4.78 is 5.86. The minimum Gasteiger partial charge on any atom is -0.445 e. The van der Waals surface area contributed by atoms with Gasteiger partial charge in [0.1, 0.15) is 18.3 Å². The number of nitrogens with zero attached hydrogens (tertiary/aromatic N) is 5. The molecule has 0 atom stereocenters. The van der Waals surface area contributed by atoms with Crippen molar-refractivity contribution in [2.24, 2.45) is 0 Å². The van der Waals surface area contributed by atoms with E-state index in [0.29, 0.717) is 42.9 Å². The van der Waals surface area contributed by atoms with Crippen molar-refractivity contribution in [3.05, 3.63) is 108 Å². The third-order valence-electron chi connectivity index (χ3n) is 8.72. The van der Waals surface area contributed by atoms with Crippen LogP contribution in [0, 0.1) is 0 Å². The highest BCUT2D eigenvalue weighted by molar-refractivity contribution is 5.94. The van der Waals surface area contributed by atoms with Gasteiger partial charge in [-0.15, -0.1) is 0 Å². The van der Waals surface area contributed by atoms with Gasteiger partial charge in [0.25, 0.3) is 5.91 Å². The molecule has 0 unspecified atom stereocenters. The van der Waals surface area contributed by atoms with Crippen LogP contribution >= 0.6 is 0 Å². The first-order chi connectivity index (χ1) is 22.5. The van der Waals surface area contributed by atoms with E-state index in [-0.39, 0.29) is 24.6 Å². The van der Waals surface area contributed by atoms with E-state index in [2.05, 4.69) is 38.7 Å². The fourth-order valence-electron chi connectivity index (χ4n) is 6.39. The van der Waals surface area contributed by atoms with Gasteiger partial charge in [-0.2, -0.15) is 0 Å². The molecule has 1 saturated carbocycles. The maximum atomic E-state index is 13.6. The fourth-order valence-corrected chi connectivity index (χ4v) is 6.39. The number of nitrogens with one attached hydrogen (secondary N) is 2. The van der Waals surface area contributed by atoms with Crippen LogP contribution in [-0.4, -0.2) is 71.8 Å². The number of amides is 2. The zero-order valence-electron chi connectivity index (χ0n) is 27.1. The summed E-state index contributed by atoms with van der Waals surface area (Å²) >= 11 is 0. The topological polar surface area (TPSA) is 110 Å². The summed E-state index contributed by atoms with van der Waals surface area (Å²) in [7, 11) is 0. The van der Waals surface area contributed by atoms with Gasteiger partial charge in [-0.25, -0.2) is 14.8 Å². The number of aromatic nitrogens is 4. The van der Waals surface area contributed by atoms with Gasteiger partial charge in [-0.1, -0.05) is 56.3 Å². The molecule has 10 nitrogen and oxygen atoms in total. The summed E-state index contributed by atoms with van der Waals surface area (Å²) in [6, 6.07) is 18.0. The molecule has 2 aromatic carbocycles. The number of carbonyl (C=O) groups is 2. The van der Waals surface area contributed by atoms with Crippen molar-refractivity contribution in [2.75, 3.05) is 13.1 Å². The Bertz CT molecular complexity index is 1410. The molecule has 1 fully saturated rings. The Morgan fingerprint density at radius 1 is 0.761 bits per heavy atom. The number of H-pyrrole nitrogens is 2. The lowest BCUT2D eigenvalue weighted by atomic mass is 9.88. The van der Waals surface area contributed by atoms with E-state index in [0.717, 1.165) is 62.7 Å². The van der Waals surface area contributed by atoms with Gasteiger partial charge in [-0.05, 0) is 74.9 Å². The van der Waals surface area contributed by atoms with Crippen molar-refractivity contribution in [3.63, 3.8) is 0 Å². The van der Waals surface area contributed by atoms with Gasteiger partial charge in [0.15, 0.2) is 0 Å². The van der Waals surface area contributed by atoms with Gasteiger partial charge >= 0.3 is 6.09 Å². The predicted molar refractivity (Wildman–Crippen MR) is 178 cm³/mol. The van der Waals surface area contributed by atoms with Crippen LogP contribution in [0.1, 0.15) is 85.5 Å². The summed E-state index contributed by atoms with van der Waals surface area (Å²) in [5.74, 6) is 1.27. The van der Waals surface area contributed by atoms with Gasteiger partial charge in [0, 0.05) is 49.0 Å². The van der Waals surface area contributed by atoms with Crippen LogP contribution < -0.4 is 0 Å². The van der Waals surface area contributed by atoms with Crippen LogP contribution in [0.2, 0.25) is 0 Å². The zero-order valence-corrected chi connectivity index (χ0v) is 27.1. The van der Waals surface area contributed by atoms with Gasteiger partial charge in [-0.3, -0.25) is 4.79 Å². The Balaban J connectivity index is 1.28. The van der Waals surface area contributed by atoms with Crippen molar-refractivity contribution < 1.29 is 14.3 Å². The van der Waals surface area contributed by atoms with E-state index in [9.17, 15) is 9.59 Å². The lowest BCUT2D eigenvalue weighted by Gasteiger charge is -2.40. The Morgan fingerprint density at radius 3 is 1.89 bits per heavy atom. The van der Waals surface area contributed by atoms with Crippen molar-refractivity contribution in [3.8, 4) is 0 Å². The molecular weight excluding hydrogens is 578 g/mol. The van der Waals surface area contributed by atoms with E-state index in [1.165, 1.54) is 0 Å². The molecule has 1 aliphatic carbocycles. The molecule has 10 heteroatoms. The maximum Gasteiger partial charge on any atom is 0.410 e. The first kappa shape index (κ1) is 32.9. The van der Waals surface area contributed by atoms with Crippen LogP contribution in [0.3, 0.4) is 0 Å². The third kappa shape index (κ3) is 9.06. The summed E-state index contributed by atoms with van der Waals surface area (Å²) in [4.78, 5) is 48.3. The molecule has 0 aliphatic heterocycles. The van der Waals surface area contributed by atoms with Crippen LogP contribution in [0.25, 0.3) is 0 Å². The second-order valence-corrected chi connectivity index (χ2v) is 12.1. The molecule has 1 aliphatic rings. The van der Waals surface area contributed by atoms with Crippen LogP contribution in [-0.2, 0) is 31.0 Å². The quantitative estimate of drug-likeness (QED) is 0.155. The third-order valence-corrected chi connectivity index (χ3v) is 8.72. The van der Waals surface area contributed by atoms with E-state index in [1.807, 2.05) is 59.5 Å². The number of hydrogen-bond acceptors (Lipinski definition) is 6. The maximum absolute atomic E-state index is 13.6. The number of benzene rings is 2. The highest BCUT2D eigenvalue weighted by atomic mass is 16.6. The smallest absolute Gasteiger partial charge is 0.410 e. The van der Waals surface area contributed by atoms with E-state index >= 15 is 0 Å². The average Bonchev–Trinajstić information content (AvgIpc) is 3.81. The fraction of sp³-hybridized carbons (Fsp3) is 0.444. The Morgan fingerprint density at radius 2 is 1.35 bits per heavy atom. The lowest BCUT2D eigenvalue weighted by molar-refractivity contribution is 0.0549. The van der Waals surface area contributed by atoms with E-state index < -0.39 is 0 Å². The first-order valence-electron chi connectivity index (χ1n) is 16.6. The van der Waals surface area contributed by atoms with Gasteiger partial charge in [0.05, 0.1) is 13.1 Å². The van der Waals surface area contributed by atoms with Gasteiger partial charge < -0.3 is 29.4 Å². The van der Waals surface area contributed by atoms with Crippen molar-refractivity contribution in [1.29, 1.82) is 0 Å². The predicted octanol–water partition coefficient (Wildman–Crippen LogP) is 6.55. The molecule has 4 aromatic rings. The molecule has 244 valence electrons. The van der Waals surface area contributed by atoms with E-state index in [1.54, 1.807) is 29.7 Å². The molecular formula is C36H47N7O3. The van der Waals surface area contributed by atoms with Crippen molar-refractivity contribution in [1.82, 2.24) is 34.6 Å². The minimum absolute atomic E-state index is 0.100. The van der Waals surface area contributed by atoms with Crippen molar-refractivity contribution in [2.45, 2.75) is 90.7 Å². The molecule has 2 aromatic heterocycles. The first-order valence-corrected chi connectivity index (χ1v) is 16.6. The van der Waals surface area contributed by atoms with Crippen LogP contribution in [0.5, 0.6) is 0 Å². The Kier molecular flexibility index (Phi) is 12.0. The molecule has 2 amide bonds. The summed E-state index contributed by atoms with van der Waals surface area (Å²) in [5.41, 5.74) is 2.48. The number of ether oxygens (including phenoxy) is 1. The van der Waals surface area contributed by atoms with Crippen LogP contribution in [0.15, 0.2) is 79.4 Å². The number of rotatable bonds is 15. The lowest BCUT2D eigenvalue weighted by Crippen LogP contribution is -2.46. The second kappa shape index (κ2) is 16.7. The highest BCUT2D eigenvalue weighted by Crippen LogP contribution is 2.29. The Labute approximate surface area is 272 Å². The number of carbonyl (C=O) groups excluding carboxylic acids is 2. The highest BCUT2D eigenvalue weighted by Gasteiger charge is 2.32. The van der Waals surface area contributed by atoms with Crippen LogP contribution in [0.4, 0.5) is 4.79 Å². The normalized spacial score (nSPS) is 16.3. The summed E-state index contributed by atoms with van der Waals surface area (Å²) in [5, 5.41) is 0. The monoisotopic (exact) mass is 625 g/mol. The molecule has 0 spiro atoms. The molecule has 0 radical (unpaired) electrons. The minimum atomic E-state index is -0.297. The second-order valence-electron chi connectivity index (χ2n) is 12.1. The summed E-state index contributed by atoms with van der Waals surface area (Å²) in [6.07, 6.45) is 12.9. The largest absolute Gasteiger partial charge is 0.445 e. The Hall–Kier alpha value is -4.44. The number of imidazole rings is 2. The van der Waals surface area contributed by atoms with Gasteiger partial charge in [0.2, 0.25) is 0 Å². The SMILES string of the molecule is CCCN(CCC)[C@H]1CC[C@H](N(Cc2ccc(C(=O)N(Cc3ncc[nH]3)Cc3ncc[nH]3)cc2)C(=O)OCc2ccccc2)CC1. The standard InChI is InChI=1S/C36H47N7O3/c1-3-22-41(23-4-2)31-14-16-32(17-15-31)43(36(45)46-27-29-8-6-5-7-9-29)24-28-10-12-30(13-11-28)35(44)42(25-33-37-18-19-38-33)26-34-39-20-21-40-34/h5-13,18-21,31-32H,3-4,14-17,22-27H2,1-2H3,(H,37,38)(H,39,40)/t31-,32-. The molecule has 2 N–H and O–H groups in total. The molecule has 0 saturated heterocycles.